The van der Waals surface area contributed by atoms with Crippen LogP contribution >= 0.6 is 10.0 Å². The molecule has 0 N–H and O–H groups in total. The fourth-order valence-electron chi connectivity index (χ4n) is 14.0. The lowest BCUT2D eigenvalue weighted by Crippen LogP contribution is -2.15. The van der Waals surface area contributed by atoms with Crippen molar-refractivity contribution in [1.82, 2.24) is 0 Å². The molecule has 0 bridgehead atoms. The summed E-state index contributed by atoms with van der Waals surface area (Å²) in [5, 5.41) is 10.2. The molecule has 2 aliphatic carbocycles. The zero-order valence-corrected chi connectivity index (χ0v) is 43.0. The van der Waals surface area contributed by atoms with Gasteiger partial charge >= 0.3 is 0 Å². The quantitative estimate of drug-likeness (QED) is 0.154. The predicted octanol–water partition coefficient (Wildman–Crippen LogP) is 20.0. The highest BCUT2D eigenvalue weighted by atomic mass is 32.3. The zero-order chi connectivity index (χ0) is 49.1. The minimum atomic E-state index is -1.33. The van der Waals surface area contributed by atoms with Crippen LogP contribution in [0.25, 0.3) is 121 Å². The summed E-state index contributed by atoms with van der Waals surface area (Å²) in [6.45, 7) is 9.65. The summed E-state index contributed by atoms with van der Waals surface area (Å²) in [6, 6.07) is 84.0. The van der Waals surface area contributed by atoms with E-state index >= 15 is 0 Å². The first kappa shape index (κ1) is 42.7. The van der Waals surface area contributed by atoms with E-state index in [-0.39, 0.29) is 10.8 Å². The summed E-state index contributed by atoms with van der Waals surface area (Å²) in [7, 11) is -1.33. The third kappa shape index (κ3) is 5.80. The molecule has 0 saturated carbocycles. The van der Waals surface area contributed by atoms with Gasteiger partial charge in [-0.1, -0.05) is 210 Å². The molecule has 0 radical (unpaired) electrons. The molecule has 73 heavy (non-hydrogen) atoms. The van der Waals surface area contributed by atoms with Gasteiger partial charge in [0.1, 0.15) is 0 Å². The number of fused-ring (bicyclic) bond motifs is 13. The Hall–Kier alpha value is -7.97. The Morgan fingerprint density at radius 1 is 0.247 bits per heavy atom. The molecule has 0 nitrogen and oxygen atoms in total. The van der Waals surface area contributed by atoms with Crippen molar-refractivity contribution in [2.75, 3.05) is 12.5 Å². The van der Waals surface area contributed by atoms with Crippen molar-refractivity contribution in [3.05, 3.63) is 241 Å². The Bertz CT molecular complexity index is 4330. The Labute approximate surface area is 430 Å². The smallest absolute Gasteiger partial charge is 0.0159 e. The highest BCUT2D eigenvalue weighted by Gasteiger charge is 2.38. The molecular formula is C72H54S. The molecule has 0 amide bonds. The Kier molecular flexibility index (Phi) is 8.80. The first-order chi connectivity index (χ1) is 35.5. The molecule has 0 spiro atoms. The van der Waals surface area contributed by atoms with Gasteiger partial charge in [-0.15, -0.1) is 0 Å². The van der Waals surface area contributed by atoms with Crippen LogP contribution in [0.5, 0.6) is 0 Å². The van der Waals surface area contributed by atoms with E-state index in [1.54, 1.807) is 0 Å². The molecule has 1 heteroatoms. The molecule has 1 aliphatic heterocycles. The number of benzene rings is 12. The van der Waals surface area contributed by atoms with E-state index in [0.717, 1.165) is 0 Å². The van der Waals surface area contributed by atoms with Gasteiger partial charge in [0.15, 0.2) is 0 Å². The minimum Gasteiger partial charge on any atom is -0.192 e. The van der Waals surface area contributed by atoms with Crippen LogP contribution in [0.2, 0.25) is 0 Å². The summed E-state index contributed by atoms with van der Waals surface area (Å²) >= 11 is 0. The van der Waals surface area contributed by atoms with Crippen LogP contribution in [-0.4, -0.2) is 12.5 Å². The summed E-state index contributed by atoms with van der Waals surface area (Å²) in [6.07, 6.45) is 5.02. The van der Waals surface area contributed by atoms with Crippen molar-refractivity contribution >= 4 is 53.1 Å². The third-order valence-electron chi connectivity index (χ3n) is 17.5. The van der Waals surface area contributed by atoms with Crippen molar-refractivity contribution in [3.63, 3.8) is 0 Å². The van der Waals surface area contributed by atoms with Crippen molar-refractivity contribution in [1.29, 1.82) is 0 Å². The normalized spacial score (nSPS) is 15.5. The van der Waals surface area contributed by atoms with Gasteiger partial charge in [-0.25, -0.2) is 0 Å². The molecule has 15 rings (SSSR count). The molecule has 0 fully saturated rings. The van der Waals surface area contributed by atoms with Gasteiger partial charge in [0.25, 0.3) is 0 Å². The third-order valence-corrected chi connectivity index (χ3v) is 20.4. The molecule has 12 aromatic carbocycles. The maximum atomic E-state index is 2.64. The second kappa shape index (κ2) is 15.0. The summed E-state index contributed by atoms with van der Waals surface area (Å²) < 4.78 is 0. The van der Waals surface area contributed by atoms with Gasteiger partial charge < -0.3 is 0 Å². The van der Waals surface area contributed by atoms with Crippen molar-refractivity contribution in [3.8, 4) is 77.9 Å². The second-order valence-electron chi connectivity index (χ2n) is 22.3. The van der Waals surface area contributed by atoms with E-state index < -0.39 is 10.0 Å². The molecule has 0 saturated heterocycles. The topological polar surface area (TPSA) is 0 Å². The fourth-order valence-corrected chi connectivity index (χ4v) is 16.5. The van der Waals surface area contributed by atoms with Crippen LogP contribution in [-0.2, 0) is 10.8 Å². The molecule has 348 valence electrons. The van der Waals surface area contributed by atoms with Crippen LogP contribution < -0.4 is 0 Å². The summed E-state index contributed by atoms with van der Waals surface area (Å²) in [5.74, 6) is 0. The SMILES string of the molecule is CC1(C)c2ccccc2-c2ccc(-c3c4ccc(-c5c6ccccc6c(-c6ccccc6)c6ccccc56)cc4c(-c4ccc5c(c4)C(C)(C)c4ccccc4-5)c4cc5c(cc34)-c3ccccc3S5(C)C)cc21. The van der Waals surface area contributed by atoms with Crippen LogP contribution in [0.3, 0.4) is 0 Å². The largest absolute Gasteiger partial charge is 0.192 e. The molecule has 0 unspecified atom stereocenters. The van der Waals surface area contributed by atoms with E-state index in [0.29, 0.717) is 0 Å². The lowest BCUT2D eigenvalue weighted by Gasteiger charge is -2.29. The lowest BCUT2D eigenvalue weighted by molar-refractivity contribution is 0.660. The van der Waals surface area contributed by atoms with Gasteiger partial charge in [0.2, 0.25) is 0 Å². The highest BCUT2D eigenvalue weighted by Crippen LogP contribution is 2.68. The number of rotatable bonds is 4. The van der Waals surface area contributed by atoms with Gasteiger partial charge in [0.05, 0.1) is 0 Å². The molecule has 3 aliphatic rings. The first-order valence-electron chi connectivity index (χ1n) is 25.9. The Balaban J connectivity index is 1.10. The van der Waals surface area contributed by atoms with Crippen LogP contribution in [0.1, 0.15) is 49.9 Å². The van der Waals surface area contributed by atoms with Gasteiger partial charge in [-0.05, 0) is 192 Å². The van der Waals surface area contributed by atoms with Crippen LogP contribution in [0, 0.1) is 0 Å². The van der Waals surface area contributed by atoms with Crippen LogP contribution in [0.15, 0.2) is 228 Å². The molecule has 12 aromatic rings. The van der Waals surface area contributed by atoms with E-state index in [1.807, 2.05) is 0 Å². The average Bonchev–Trinajstić information content (AvgIpc) is 3.90. The van der Waals surface area contributed by atoms with Crippen LogP contribution in [0.4, 0.5) is 0 Å². The van der Waals surface area contributed by atoms with Gasteiger partial charge in [-0.2, -0.15) is 10.0 Å². The van der Waals surface area contributed by atoms with E-state index in [4.69, 9.17) is 0 Å². The Morgan fingerprint density at radius 3 is 1.21 bits per heavy atom. The summed E-state index contributed by atoms with van der Waals surface area (Å²) in [4.78, 5) is 2.94. The van der Waals surface area contributed by atoms with Gasteiger partial charge in [0, 0.05) is 20.6 Å². The molecule has 0 atom stereocenters. The molecule has 1 heterocycles. The maximum Gasteiger partial charge on any atom is 0.0159 e. The predicted molar refractivity (Wildman–Crippen MR) is 315 cm³/mol. The maximum absolute atomic E-state index is 2.64. The molecule has 0 aromatic heterocycles. The Morgan fingerprint density at radius 2 is 0.630 bits per heavy atom. The lowest BCUT2D eigenvalue weighted by atomic mass is 9.78. The molecular weight excluding hydrogens is 897 g/mol. The second-order valence-corrected chi connectivity index (χ2v) is 25.8. The summed E-state index contributed by atoms with van der Waals surface area (Å²) in [5.41, 5.74) is 23.6. The van der Waals surface area contributed by atoms with Crippen molar-refractivity contribution in [2.45, 2.75) is 48.3 Å². The van der Waals surface area contributed by atoms with Crippen molar-refractivity contribution < 1.29 is 0 Å². The zero-order valence-electron chi connectivity index (χ0n) is 42.2. The number of hydrogen-bond acceptors (Lipinski definition) is 0. The minimum absolute atomic E-state index is 0.142. The first-order valence-corrected chi connectivity index (χ1v) is 28.3. The average molecular weight is 951 g/mol. The van der Waals surface area contributed by atoms with E-state index in [9.17, 15) is 0 Å². The standard InChI is InChI=1S/C72H54S/c1-71(2)61-29-17-14-22-47(61)49-35-32-45(39-63(49)71)69-56-37-34-44(68-54-27-12-10-25-52(54)67(43-20-8-7-9-21-43)53-26-11-13-28-55(53)68)38-58(56)70(46-33-36-50-48-23-15-18-30-62(48)72(3,4)64(50)40-46)60-42-66-57(41-59(60)69)51-24-16-19-31-65(51)73(66,5)6/h7-42H,1-6H3. The monoisotopic (exact) mass is 950 g/mol. The number of hydrogen-bond donors (Lipinski definition) is 0. The van der Waals surface area contributed by atoms with E-state index in [2.05, 4.69) is 259 Å². The van der Waals surface area contributed by atoms with E-state index in [1.165, 1.54) is 153 Å². The highest BCUT2D eigenvalue weighted by molar-refractivity contribution is 8.33. The van der Waals surface area contributed by atoms with Gasteiger partial charge in [-0.3, -0.25) is 0 Å². The van der Waals surface area contributed by atoms with Crippen molar-refractivity contribution in [2.24, 2.45) is 0 Å². The fraction of sp³-hybridized carbons (Fsp3) is 0.111.